The smallest absolute Gasteiger partial charge is 0.416 e. The van der Waals surface area contributed by atoms with Crippen LogP contribution in [-0.4, -0.2) is 22.9 Å². The lowest BCUT2D eigenvalue weighted by Crippen LogP contribution is -2.20. The standard InChI is InChI=1S/C14H14F3N3O2/c1-9-7-12(21)13(22-6-5-18)19-20(9)11-4-2-3-10(8-11)14(15,16)17/h2-4,7-8H,5-6,18H2,1H3. The summed E-state index contributed by atoms with van der Waals surface area (Å²) >= 11 is 0. The van der Waals surface area contributed by atoms with Gasteiger partial charge in [-0.25, -0.2) is 4.68 Å². The molecule has 2 aromatic rings. The minimum absolute atomic E-state index is 0.0912. The lowest BCUT2D eigenvalue weighted by molar-refractivity contribution is -0.137. The van der Waals surface area contributed by atoms with Crippen molar-refractivity contribution in [3.05, 3.63) is 51.8 Å². The molecule has 0 fully saturated rings. The highest BCUT2D eigenvalue weighted by molar-refractivity contribution is 5.38. The van der Waals surface area contributed by atoms with Gasteiger partial charge in [0, 0.05) is 18.3 Å². The summed E-state index contributed by atoms with van der Waals surface area (Å²) in [6.45, 7) is 1.85. The average molecular weight is 313 g/mol. The third kappa shape index (κ3) is 3.45. The van der Waals surface area contributed by atoms with Gasteiger partial charge in [-0.2, -0.15) is 13.2 Å². The van der Waals surface area contributed by atoms with Crippen LogP contribution in [0.3, 0.4) is 0 Å². The quantitative estimate of drug-likeness (QED) is 0.936. The first kappa shape index (κ1) is 16.0. The van der Waals surface area contributed by atoms with Crippen molar-refractivity contribution in [1.82, 2.24) is 9.78 Å². The third-order valence-corrected chi connectivity index (χ3v) is 2.85. The zero-order valence-electron chi connectivity index (χ0n) is 11.7. The molecule has 0 saturated carbocycles. The van der Waals surface area contributed by atoms with E-state index < -0.39 is 17.2 Å². The van der Waals surface area contributed by atoms with Gasteiger partial charge >= 0.3 is 6.18 Å². The lowest BCUT2D eigenvalue weighted by Gasteiger charge is -2.13. The van der Waals surface area contributed by atoms with Gasteiger partial charge in [-0.1, -0.05) is 6.07 Å². The van der Waals surface area contributed by atoms with E-state index in [0.29, 0.717) is 5.69 Å². The second-order valence-corrected chi connectivity index (χ2v) is 4.55. The van der Waals surface area contributed by atoms with Crippen LogP contribution in [0.25, 0.3) is 5.69 Å². The van der Waals surface area contributed by atoms with Gasteiger partial charge in [-0.05, 0) is 25.1 Å². The molecule has 0 radical (unpaired) electrons. The van der Waals surface area contributed by atoms with Crippen molar-refractivity contribution in [3.63, 3.8) is 0 Å². The molecule has 8 heteroatoms. The molecule has 0 unspecified atom stereocenters. The summed E-state index contributed by atoms with van der Waals surface area (Å²) in [5.74, 6) is -0.200. The predicted molar refractivity (Wildman–Crippen MR) is 74.1 cm³/mol. The van der Waals surface area contributed by atoms with E-state index in [0.717, 1.165) is 12.1 Å². The molecule has 0 spiro atoms. The van der Waals surface area contributed by atoms with E-state index in [-0.39, 0.29) is 24.7 Å². The Bertz CT molecular complexity index is 726. The molecule has 118 valence electrons. The first-order chi connectivity index (χ1) is 10.3. The molecule has 0 aliphatic carbocycles. The number of aromatic nitrogens is 2. The highest BCUT2D eigenvalue weighted by Crippen LogP contribution is 2.30. The van der Waals surface area contributed by atoms with Crippen molar-refractivity contribution in [2.24, 2.45) is 5.73 Å². The average Bonchev–Trinajstić information content (AvgIpc) is 2.45. The first-order valence-corrected chi connectivity index (χ1v) is 6.44. The molecule has 0 atom stereocenters. The minimum Gasteiger partial charge on any atom is -0.473 e. The van der Waals surface area contributed by atoms with Crippen LogP contribution in [0, 0.1) is 6.92 Å². The first-order valence-electron chi connectivity index (χ1n) is 6.44. The summed E-state index contributed by atoms with van der Waals surface area (Å²) < 4.78 is 44.7. The van der Waals surface area contributed by atoms with Crippen LogP contribution in [-0.2, 0) is 6.18 Å². The van der Waals surface area contributed by atoms with Crippen LogP contribution in [0.4, 0.5) is 13.2 Å². The monoisotopic (exact) mass is 313 g/mol. The van der Waals surface area contributed by atoms with E-state index in [9.17, 15) is 18.0 Å². The maximum absolute atomic E-state index is 12.8. The summed E-state index contributed by atoms with van der Waals surface area (Å²) in [6, 6.07) is 5.91. The molecule has 2 rings (SSSR count). The van der Waals surface area contributed by atoms with E-state index in [1.807, 2.05) is 0 Å². The maximum Gasteiger partial charge on any atom is 0.416 e. The van der Waals surface area contributed by atoms with Crippen molar-refractivity contribution < 1.29 is 17.9 Å². The van der Waals surface area contributed by atoms with Crippen molar-refractivity contribution in [1.29, 1.82) is 0 Å². The SMILES string of the molecule is Cc1cc(=O)c(OCCN)nn1-c1cccc(C(F)(F)F)c1. The van der Waals surface area contributed by atoms with Gasteiger partial charge in [0.15, 0.2) is 0 Å². The number of rotatable bonds is 4. The van der Waals surface area contributed by atoms with Gasteiger partial charge in [-0.3, -0.25) is 4.79 Å². The number of benzene rings is 1. The number of hydrogen-bond donors (Lipinski definition) is 1. The number of nitrogens with zero attached hydrogens (tertiary/aromatic N) is 2. The Morgan fingerprint density at radius 2 is 2.05 bits per heavy atom. The fraction of sp³-hybridized carbons (Fsp3) is 0.286. The number of nitrogens with two attached hydrogens (primary N) is 1. The Hall–Kier alpha value is -2.35. The van der Waals surface area contributed by atoms with Crippen LogP contribution in [0.1, 0.15) is 11.3 Å². The third-order valence-electron chi connectivity index (χ3n) is 2.85. The summed E-state index contributed by atoms with van der Waals surface area (Å²) in [5, 5.41) is 3.96. The Kier molecular flexibility index (Phi) is 4.51. The van der Waals surface area contributed by atoms with E-state index in [2.05, 4.69) is 5.10 Å². The lowest BCUT2D eigenvalue weighted by atomic mass is 10.2. The maximum atomic E-state index is 12.8. The van der Waals surface area contributed by atoms with E-state index in [1.54, 1.807) is 6.92 Å². The van der Waals surface area contributed by atoms with Gasteiger partial charge in [0.2, 0.25) is 5.43 Å². The zero-order chi connectivity index (χ0) is 16.3. The normalized spacial score (nSPS) is 11.5. The molecule has 1 aromatic heterocycles. The molecular formula is C14H14F3N3O2. The Balaban J connectivity index is 2.50. The summed E-state index contributed by atoms with van der Waals surface area (Å²) in [7, 11) is 0. The van der Waals surface area contributed by atoms with Crippen LogP contribution < -0.4 is 15.9 Å². The number of ether oxygens (including phenoxy) is 1. The van der Waals surface area contributed by atoms with Crippen LogP contribution in [0.15, 0.2) is 35.1 Å². The molecule has 5 nitrogen and oxygen atoms in total. The number of alkyl halides is 3. The zero-order valence-corrected chi connectivity index (χ0v) is 11.7. The Labute approximate surface area is 124 Å². The van der Waals surface area contributed by atoms with Crippen molar-refractivity contribution in [2.75, 3.05) is 13.2 Å². The van der Waals surface area contributed by atoms with Gasteiger partial charge in [-0.15, -0.1) is 5.10 Å². The molecule has 0 aliphatic rings. The van der Waals surface area contributed by atoms with Crippen LogP contribution in [0.2, 0.25) is 0 Å². The van der Waals surface area contributed by atoms with Crippen molar-refractivity contribution in [3.8, 4) is 11.6 Å². The predicted octanol–water partition coefficient (Wildman–Crippen LogP) is 1.90. The van der Waals surface area contributed by atoms with Gasteiger partial charge in [0.05, 0.1) is 11.3 Å². The summed E-state index contributed by atoms with van der Waals surface area (Å²) in [6.07, 6.45) is -4.46. The second-order valence-electron chi connectivity index (χ2n) is 4.55. The minimum atomic E-state index is -4.46. The molecule has 0 saturated heterocycles. The Morgan fingerprint density at radius 3 is 2.68 bits per heavy atom. The van der Waals surface area contributed by atoms with E-state index >= 15 is 0 Å². The fourth-order valence-electron chi connectivity index (χ4n) is 1.86. The molecule has 0 bridgehead atoms. The van der Waals surface area contributed by atoms with Crippen molar-refractivity contribution >= 4 is 0 Å². The summed E-state index contributed by atoms with van der Waals surface area (Å²) in [5.41, 5.74) is 4.62. The molecule has 1 aromatic carbocycles. The number of aryl methyl sites for hydroxylation is 1. The van der Waals surface area contributed by atoms with E-state index in [1.165, 1.54) is 22.9 Å². The molecule has 0 amide bonds. The molecule has 1 heterocycles. The number of halogens is 3. The van der Waals surface area contributed by atoms with E-state index in [4.69, 9.17) is 10.5 Å². The molecular weight excluding hydrogens is 299 g/mol. The van der Waals surface area contributed by atoms with Gasteiger partial charge in [0.25, 0.3) is 5.88 Å². The highest BCUT2D eigenvalue weighted by atomic mass is 19.4. The molecule has 0 aliphatic heterocycles. The molecule has 22 heavy (non-hydrogen) atoms. The highest BCUT2D eigenvalue weighted by Gasteiger charge is 2.30. The second kappa shape index (κ2) is 6.18. The van der Waals surface area contributed by atoms with Crippen LogP contribution in [0.5, 0.6) is 5.88 Å². The van der Waals surface area contributed by atoms with Gasteiger partial charge in [0.1, 0.15) is 6.61 Å². The van der Waals surface area contributed by atoms with Crippen molar-refractivity contribution in [2.45, 2.75) is 13.1 Å². The molecule has 2 N–H and O–H groups in total. The van der Waals surface area contributed by atoms with Gasteiger partial charge < -0.3 is 10.5 Å². The summed E-state index contributed by atoms with van der Waals surface area (Å²) in [4.78, 5) is 11.7. The van der Waals surface area contributed by atoms with Crippen LogP contribution >= 0.6 is 0 Å². The Morgan fingerprint density at radius 1 is 1.32 bits per heavy atom. The number of hydrogen-bond acceptors (Lipinski definition) is 4. The fourth-order valence-corrected chi connectivity index (χ4v) is 1.86. The topological polar surface area (TPSA) is 70.1 Å². The largest absolute Gasteiger partial charge is 0.473 e.